The third-order valence-electron chi connectivity index (χ3n) is 4.59. The Bertz CT molecular complexity index is 663. The van der Waals surface area contributed by atoms with E-state index in [1.165, 1.54) is 4.88 Å². The van der Waals surface area contributed by atoms with Gasteiger partial charge in [-0.05, 0) is 55.3 Å². The van der Waals surface area contributed by atoms with E-state index in [0.29, 0.717) is 26.1 Å². The molecule has 2 heterocycles. The highest BCUT2D eigenvalue weighted by Gasteiger charge is 2.22. The van der Waals surface area contributed by atoms with E-state index >= 15 is 0 Å². The van der Waals surface area contributed by atoms with E-state index in [0.717, 1.165) is 37.2 Å². The smallest absolute Gasteiger partial charge is 0.223 e. The van der Waals surface area contributed by atoms with Crippen LogP contribution in [0.15, 0.2) is 41.8 Å². The lowest BCUT2D eigenvalue weighted by Crippen LogP contribution is -2.36. The average molecular weight is 374 g/mol. The summed E-state index contributed by atoms with van der Waals surface area (Å²) < 4.78 is 11.2. The van der Waals surface area contributed by atoms with Crippen LogP contribution in [-0.4, -0.2) is 36.7 Å². The van der Waals surface area contributed by atoms with Crippen LogP contribution in [0.5, 0.6) is 5.75 Å². The summed E-state index contributed by atoms with van der Waals surface area (Å²) in [5.74, 6) is 1.07. The Hall–Kier alpha value is -1.85. The number of hydrogen-bond donors (Lipinski definition) is 0. The number of hydrogen-bond acceptors (Lipinski definition) is 4. The van der Waals surface area contributed by atoms with Gasteiger partial charge in [-0.2, -0.15) is 0 Å². The third kappa shape index (κ3) is 5.58. The molecule has 0 bridgehead atoms. The maximum Gasteiger partial charge on any atom is 0.223 e. The molecule has 5 heteroatoms. The molecule has 1 aromatic carbocycles. The van der Waals surface area contributed by atoms with Gasteiger partial charge in [-0.25, -0.2) is 0 Å². The minimum atomic E-state index is 0.185. The molecular formula is C21H27NO3S. The van der Waals surface area contributed by atoms with Crippen molar-refractivity contribution in [3.05, 3.63) is 52.2 Å². The molecular weight excluding hydrogens is 346 g/mol. The topological polar surface area (TPSA) is 38.8 Å². The molecule has 4 nitrogen and oxygen atoms in total. The van der Waals surface area contributed by atoms with Crippen LogP contribution >= 0.6 is 11.3 Å². The summed E-state index contributed by atoms with van der Waals surface area (Å²) in [6.45, 7) is 4.83. The lowest BCUT2D eigenvalue weighted by atomic mass is 10.1. The number of rotatable bonds is 9. The first kappa shape index (κ1) is 18.9. The van der Waals surface area contributed by atoms with E-state index < -0.39 is 0 Å². The van der Waals surface area contributed by atoms with Crippen molar-refractivity contribution in [3.8, 4) is 5.75 Å². The van der Waals surface area contributed by atoms with E-state index in [1.54, 1.807) is 11.3 Å². The molecule has 26 heavy (non-hydrogen) atoms. The van der Waals surface area contributed by atoms with Gasteiger partial charge in [-0.3, -0.25) is 4.79 Å². The second kappa shape index (κ2) is 9.74. The summed E-state index contributed by atoms with van der Waals surface area (Å²) in [4.78, 5) is 16.0. The molecule has 2 aromatic rings. The van der Waals surface area contributed by atoms with E-state index in [9.17, 15) is 4.79 Å². The molecule has 1 atom stereocenters. The van der Waals surface area contributed by atoms with E-state index in [-0.39, 0.29) is 12.0 Å². The fourth-order valence-corrected chi connectivity index (χ4v) is 3.93. The van der Waals surface area contributed by atoms with Gasteiger partial charge in [0.05, 0.1) is 19.3 Å². The predicted octanol–water partition coefficient (Wildman–Crippen LogP) is 4.29. The summed E-state index contributed by atoms with van der Waals surface area (Å²) in [5.41, 5.74) is 1.16. The number of carbonyl (C=O) groups is 1. The number of thiophene rings is 1. The Labute approximate surface area is 159 Å². The zero-order chi connectivity index (χ0) is 18.2. The van der Waals surface area contributed by atoms with Gasteiger partial charge < -0.3 is 14.4 Å². The molecule has 3 rings (SSSR count). The van der Waals surface area contributed by atoms with Crippen LogP contribution in [0.1, 0.15) is 36.6 Å². The molecule has 1 aliphatic rings. The van der Waals surface area contributed by atoms with Crippen molar-refractivity contribution >= 4 is 17.2 Å². The molecule has 0 spiro atoms. The molecule has 1 saturated heterocycles. The normalized spacial score (nSPS) is 16.6. The second-order valence-corrected chi connectivity index (χ2v) is 7.60. The number of carbonyl (C=O) groups excluding carboxylic acids is 1. The highest BCUT2D eigenvalue weighted by atomic mass is 32.1. The number of nitrogens with zero attached hydrogens (tertiary/aromatic N) is 1. The number of ether oxygens (including phenoxy) is 2. The Morgan fingerprint density at radius 3 is 2.81 bits per heavy atom. The predicted molar refractivity (Wildman–Crippen MR) is 105 cm³/mol. The van der Waals surface area contributed by atoms with Crippen LogP contribution in [0.4, 0.5) is 0 Å². The number of aryl methyl sites for hydroxylation is 1. The van der Waals surface area contributed by atoms with E-state index in [4.69, 9.17) is 9.47 Å². The standard InChI is InChI=1S/C21H27NO3S/c1-2-24-18-10-7-17(8-11-18)9-12-21(23)22(15-19-5-3-13-25-19)16-20-6-4-14-26-20/h4,6-8,10-11,14,19H,2-3,5,9,12-13,15-16H2,1H3. The molecule has 140 valence electrons. The third-order valence-corrected chi connectivity index (χ3v) is 5.45. The Morgan fingerprint density at radius 2 is 2.15 bits per heavy atom. The molecule has 1 unspecified atom stereocenters. The summed E-state index contributed by atoms with van der Waals surface area (Å²) >= 11 is 1.70. The van der Waals surface area contributed by atoms with Crippen molar-refractivity contribution < 1.29 is 14.3 Å². The van der Waals surface area contributed by atoms with Crippen molar-refractivity contribution in [2.45, 2.75) is 45.3 Å². The highest BCUT2D eigenvalue weighted by molar-refractivity contribution is 7.09. The van der Waals surface area contributed by atoms with Gasteiger partial charge in [-0.1, -0.05) is 18.2 Å². The Kier molecular flexibility index (Phi) is 7.09. The quantitative estimate of drug-likeness (QED) is 0.658. The van der Waals surface area contributed by atoms with Gasteiger partial charge in [-0.15, -0.1) is 11.3 Å². The molecule has 0 aliphatic carbocycles. The highest BCUT2D eigenvalue weighted by Crippen LogP contribution is 2.19. The molecule has 0 radical (unpaired) electrons. The summed E-state index contributed by atoms with van der Waals surface area (Å²) in [6.07, 6.45) is 3.60. The average Bonchev–Trinajstić information content (AvgIpc) is 3.35. The Morgan fingerprint density at radius 1 is 1.31 bits per heavy atom. The van der Waals surface area contributed by atoms with Crippen LogP contribution in [-0.2, 0) is 22.5 Å². The van der Waals surface area contributed by atoms with Crippen molar-refractivity contribution in [3.63, 3.8) is 0 Å². The second-order valence-electron chi connectivity index (χ2n) is 6.57. The van der Waals surface area contributed by atoms with Crippen molar-refractivity contribution in [1.82, 2.24) is 4.90 Å². The first-order valence-electron chi connectivity index (χ1n) is 9.38. The molecule has 1 fully saturated rings. The lowest BCUT2D eigenvalue weighted by molar-refractivity contribution is -0.133. The first-order valence-corrected chi connectivity index (χ1v) is 10.3. The van der Waals surface area contributed by atoms with Crippen molar-refractivity contribution in [2.75, 3.05) is 19.8 Å². The van der Waals surface area contributed by atoms with Crippen LogP contribution in [0.3, 0.4) is 0 Å². The monoisotopic (exact) mass is 373 g/mol. The van der Waals surface area contributed by atoms with Crippen LogP contribution < -0.4 is 4.74 Å². The molecule has 1 amide bonds. The Balaban J connectivity index is 1.56. The van der Waals surface area contributed by atoms with Crippen LogP contribution in [0.25, 0.3) is 0 Å². The molecule has 1 aromatic heterocycles. The van der Waals surface area contributed by atoms with E-state index in [2.05, 4.69) is 11.4 Å². The maximum absolute atomic E-state index is 12.9. The largest absolute Gasteiger partial charge is 0.494 e. The summed E-state index contributed by atoms with van der Waals surface area (Å²) in [6, 6.07) is 12.2. The van der Waals surface area contributed by atoms with Gasteiger partial charge in [0.25, 0.3) is 0 Å². The van der Waals surface area contributed by atoms with Crippen molar-refractivity contribution in [1.29, 1.82) is 0 Å². The van der Waals surface area contributed by atoms with Gasteiger partial charge in [0.1, 0.15) is 5.75 Å². The van der Waals surface area contributed by atoms with E-state index in [1.807, 2.05) is 42.2 Å². The van der Waals surface area contributed by atoms with Gasteiger partial charge in [0.15, 0.2) is 0 Å². The zero-order valence-corrected chi connectivity index (χ0v) is 16.2. The van der Waals surface area contributed by atoms with Gasteiger partial charge in [0, 0.05) is 24.4 Å². The maximum atomic E-state index is 12.9. The van der Waals surface area contributed by atoms with Gasteiger partial charge in [0.2, 0.25) is 5.91 Å². The SMILES string of the molecule is CCOc1ccc(CCC(=O)N(Cc2cccs2)CC2CCCO2)cc1. The molecule has 0 saturated carbocycles. The summed E-state index contributed by atoms with van der Waals surface area (Å²) in [5, 5.41) is 2.06. The minimum Gasteiger partial charge on any atom is -0.494 e. The molecule has 1 aliphatic heterocycles. The minimum absolute atomic E-state index is 0.185. The first-order chi connectivity index (χ1) is 12.7. The fourth-order valence-electron chi connectivity index (χ4n) is 3.21. The van der Waals surface area contributed by atoms with Crippen molar-refractivity contribution in [2.24, 2.45) is 0 Å². The molecule has 0 N–H and O–H groups in total. The fraction of sp³-hybridized carbons (Fsp3) is 0.476. The number of benzene rings is 1. The lowest BCUT2D eigenvalue weighted by Gasteiger charge is -2.25. The number of amides is 1. The van der Waals surface area contributed by atoms with Crippen LogP contribution in [0, 0.1) is 0 Å². The summed E-state index contributed by atoms with van der Waals surface area (Å²) in [7, 11) is 0. The van der Waals surface area contributed by atoms with Crippen LogP contribution in [0.2, 0.25) is 0 Å². The zero-order valence-electron chi connectivity index (χ0n) is 15.4. The van der Waals surface area contributed by atoms with Gasteiger partial charge >= 0.3 is 0 Å².